The normalized spacial score (nSPS) is 13.1. The standard InChI is InChI=1S/C14H18N2O3S/c1-3-13(14-8-5-9-19-14)16-11-6-4-7-12(10-11)20(17,18)15-2/h4-10,13,15-16H,3H2,1-2H3. The van der Waals surface area contributed by atoms with E-state index in [9.17, 15) is 8.42 Å². The molecule has 0 saturated carbocycles. The Hall–Kier alpha value is -1.79. The fourth-order valence-corrected chi connectivity index (χ4v) is 2.71. The van der Waals surface area contributed by atoms with Crippen molar-refractivity contribution in [1.29, 1.82) is 0 Å². The number of hydrogen-bond acceptors (Lipinski definition) is 4. The predicted molar refractivity (Wildman–Crippen MR) is 78.1 cm³/mol. The number of benzene rings is 1. The third kappa shape index (κ3) is 3.20. The maximum atomic E-state index is 11.8. The van der Waals surface area contributed by atoms with E-state index in [0.29, 0.717) is 0 Å². The third-order valence-corrected chi connectivity index (χ3v) is 4.46. The summed E-state index contributed by atoms with van der Waals surface area (Å²) in [7, 11) is -2.03. The van der Waals surface area contributed by atoms with Crippen LogP contribution in [0.5, 0.6) is 0 Å². The fourth-order valence-electron chi connectivity index (χ4n) is 1.94. The quantitative estimate of drug-likeness (QED) is 0.859. The largest absolute Gasteiger partial charge is 0.467 e. The first-order valence-electron chi connectivity index (χ1n) is 6.40. The molecule has 0 bridgehead atoms. The molecule has 0 aliphatic heterocycles. The lowest BCUT2D eigenvalue weighted by atomic mass is 10.1. The summed E-state index contributed by atoms with van der Waals surface area (Å²) in [5.41, 5.74) is 0.740. The molecule has 2 N–H and O–H groups in total. The highest BCUT2D eigenvalue weighted by molar-refractivity contribution is 7.89. The van der Waals surface area contributed by atoms with Crippen LogP contribution in [0.4, 0.5) is 5.69 Å². The van der Waals surface area contributed by atoms with Crippen LogP contribution in [0.15, 0.2) is 52.0 Å². The lowest BCUT2D eigenvalue weighted by Gasteiger charge is -2.16. The van der Waals surface area contributed by atoms with E-state index < -0.39 is 10.0 Å². The van der Waals surface area contributed by atoms with Crippen LogP contribution in [0.2, 0.25) is 0 Å². The third-order valence-electron chi connectivity index (χ3n) is 3.05. The Bertz CT molecular complexity index is 651. The van der Waals surface area contributed by atoms with Gasteiger partial charge >= 0.3 is 0 Å². The zero-order valence-corrected chi connectivity index (χ0v) is 12.3. The average Bonchev–Trinajstić information content (AvgIpc) is 2.99. The van der Waals surface area contributed by atoms with Crippen LogP contribution in [0, 0.1) is 0 Å². The van der Waals surface area contributed by atoms with Gasteiger partial charge in [0.05, 0.1) is 17.2 Å². The summed E-state index contributed by atoms with van der Waals surface area (Å²) >= 11 is 0. The van der Waals surface area contributed by atoms with Gasteiger partial charge in [-0.3, -0.25) is 0 Å². The van der Waals surface area contributed by atoms with Gasteiger partial charge in [-0.15, -0.1) is 0 Å². The fraction of sp³-hybridized carbons (Fsp3) is 0.286. The van der Waals surface area contributed by atoms with Gasteiger partial charge in [0.1, 0.15) is 5.76 Å². The molecule has 5 nitrogen and oxygen atoms in total. The molecule has 1 aromatic carbocycles. The van der Waals surface area contributed by atoms with Gasteiger partial charge < -0.3 is 9.73 Å². The van der Waals surface area contributed by atoms with Gasteiger partial charge in [-0.25, -0.2) is 13.1 Å². The molecule has 2 rings (SSSR count). The Morgan fingerprint density at radius 2 is 2.05 bits per heavy atom. The lowest BCUT2D eigenvalue weighted by molar-refractivity contribution is 0.474. The molecule has 2 aromatic rings. The molecule has 0 radical (unpaired) electrons. The molecule has 0 aliphatic carbocycles. The van der Waals surface area contributed by atoms with Crippen molar-refractivity contribution in [2.45, 2.75) is 24.3 Å². The summed E-state index contributed by atoms with van der Waals surface area (Å²) in [5.74, 6) is 0.828. The maximum absolute atomic E-state index is 11.8. The number of rotatable bonds is 6. The number of anilines is 1. The first-order valence-corrected chi connectivity index (χ1v) is 7.88. The van der Waals surface area contributed by atoms with E-state index in [-0.39, 0.29) is 10.9 Å². The van der Waals surface area contributed by atoms with Gasteiger partial charge in [0.2, 0.25) is 10.0 Å². The number of hydrogen-bond donors (Lipinski definition) is 2. The molecule has 20 heavy (non-hydrogen) atoms. The topological polar surface area (TPSA) is 71.3 Å². The zero-order valence-electron chi connectivity index (χ0n) is 11.5. The Kier molecular flexibility index (Phi) is 4.46. The second-order valence-corrected chi connectivity index (χ2v) is 6.24. The molecule has 0 aliphatic rings. The van der Waals surface area contributed by atoms with Crippen LogP contribution in [0.3, 0.4) is 0 Å². The highest BCUT2D eigenvalue weighted by Gasteiger charge is 2.15. The van der Waals surface area contributed by atoms with Crippen molar-refractivity contribution in [3.8, 4) is 0 Å². The molecular weight excluding hydrogens is 276 g/mol. The second-order valence-electron chi connectivity index (χ2n) is 4.36. The van der Waals surface area contributed by atoms with Gasteiger partial charge in [0, 0.05) is 5.69 Å². The van der Waals surface area contributed by atoms with Crippen molar-refractivity contribution in [2.75, 3.05) is 12.4 Å². The Morgan fingerprint density at radius 1 is 1.25 bits per heavy atom. The SMILES string of the molecule is CCC(Nc1cccc(S(=O)(=O)NC)c1)c1ccco1. The molecule has 0 fully saturated rings. The monoisotopic (exact) mass is 294 g/mol. The first kappa shape index (κ1) is 14.6. The smallest absolute Gasteiger partial charge is 0.240 e. The highest BCUT2D eigenvalue weighted by atomic mass is 32.2. The number of nitrogens with one attached hydrogen (secondary N) is 2. The van der Waals surface area contributed by atoms with Crippen LogP contribution < -0.4 is 10.0 Å². The Morgan fingerprint density at radius 3 is 2.65 bits per heavy atom. The Balaban J connectivity index is 2.24. The van der Waals surface area contributed by atoms with E-state index in [4.69, 9.17) is 4.42 Å². The minimum atomic E-state index is -3.43. The number of furan rings is 1. The van der Waals surface area contributed by atoms with Crippen molar-refractivity contribution in [3.63, 3.8) is 0 Å². The molecular formula is C14H18N2O3S. The van der Waals surface area contributed by atoms with E-state index in [2.05, 4.69) is 10.0 Å². The summed E-state index contributed by atoms with van der Waals surface area (Å²) in [6.45, 7) is 2.04. The van der Waals surface area contributed by atoms with Gasteiger partial charge in [0.25, 0.3) is 0 Å². The van der Waals surface area contributed by atoms with Crippen molar-refractivity contribution in [2.24, 2.45) is 0 Å². The van der Waals surface area contributed by atoms with Crippen molar-refractivity contribution in [3.05, 3.63) is 48.4 Å². The summed E-state index contributed by atoms with van der Waals surface area (Å²) < 4.78 is 31.2. The maximum Gasteiger partial charge on any atom is 0.240 e. The van der Waals surface area contributed by atoms with E-state index in [1.54, 1.807) is 24.5 Å². The molecule has 0 saturated heterocycles. The molecule has 1 heterocycles. The van der Waals surface area contributed by atoms with Crippen LogP contribution in [0.1, 0.15) is 25.1 Å². The first-order chi connectivity index (χ1) is 9.56. The average molecular weight is 294 g/mol. The molecule has 108 valence electrons. The van der Waals surface area contributed by atoms with Crippen molar-refractivity contribution >= 4 is 15.7 Å². The lowest BCUT2D eigenvalue weighted by Crippen LogP contribution is -2.18. The minimum absolute atomic E-state index is 0.0116. The van der Waals surface area contributed by atoms with Crippen LogP contribution in [-0.4, -0.2) is 15.5 Å². The van der Waals surface area contributed by atoms with Gasteiger partial charge in [-0.2, -0.15) is 0 Å². The molecule has 1 atom stereocenters. The number of sulfonamides is 1. The summed E-state index contributed by atoms with van der Waals surface area (Å²) in [5, 5.41) is 3.28. The highest BCUT2D eigenvalue weighted by Crippen LogP contribution is 2.24. The van der Waals surface area contributed by atoms with Gasteiger partial charge in [0.15, 0.2) is 0 Å². The predicted octanol–water partition coefficient (Wildman–Crippen LogP) is 2.75. The molecule has 6 heteroatoms. The minimum Gasteiger partial charge on any atom is -0.467 e. The zero-order chi connectivity index (χ0) is 14.6. The van der Waals surface area contributed by atoms with E-state index in [1.165, 1.54) is 7.05 Å². The molecule has 0 amide bonds. The van der Waals surface area contributed by atoms with E-state index >= 15 is 0 Å². The summed E-state index contributed by atoms with van der Waals surface area (Å²) in [4.78, 5) is 0.235. The van der Waals surface area contributed by atoms with Crippen LogP contribution >= 0.6 is 0 Å². The molecule has 1 unspecified atom stereocenters. The van der Waals surface area contributed by atoms with Gasteiger partial charge in [-0.05, 0) is 43.8 Å². The van der Waals surface area contributed by atoms with Gasteiger partial charge in [-0.1, -0.05) is 13.0 Å². The molecule has 0 spiro atoms. The van der Waals surface area contributed by atoms with E-state index in [1.807, 2.05) is 25.1 Å². The van der Waals surface area contributed by atoms with Crippen LogP contribution in [-0.2, 0) is 10.0 Å². The van der Waals surface area contributed by atoms with Crippen LogP contribution in [0.25, 0.3) is 0 Å². The van der Waals surface area contributed by atoms with E-state index in [0.717, 1.165) is 17.9 Å². The summed E-state index contributed by atoms with van der Waals surface area (Å²) in [6, 6.07) is 10.5. The van der Waals surface area contributed by atoms with Crippen molar-refractivity contribution < 1.29 is 12.8 Å². The second kappa shape index (κ2) is 6.11. The summed E-state index contributed by atoms with van der Waals surface area (Å²) in [6.07, 6.45) is 2.46. The van der Waals surface area contributed by atoms with Crippen molar-refractivity contribution in [1.82, 2.24) is 4.72 Å². The molecule has 1 aromatic heterocycles. The Labute approximate surface area is 119 Å².